The number of ether oxygens (including phenoxy) is 1. The topological polar surface area (TPSA) is 56.5 Å². The van der Waals surface area contributed by atoms with Crippen molar-refractivity contribution in [1.82, 2.24) is 0 Å². The zero-order valence-corrected chi connectivity index (χ0v) is 14.8. The van der Waals surface area contributed by atoms with Crippen LogP contribution in [0.4, 0.5) is 0 Å². The van der Waals surface area contributed by atoms with Crippen molar-refractivity contribution in [3.8, 4) is 16.9 Å². The molecule has 0 aliphatic heterocycles. The minimum absolute atomic E-state index is 0.199. The van der Waals surface area contributed by atoms with E-state index >= 15 is 0 Å². The van der Waals surface area contributed by atoms with Crippen molar-refractivity contribution in [1.29, 1.82) is 0 Å². The molecule has 0 unspecified atom stereocenters. The summed E-state index contributed by atoms with van der Waals surface area (Å²) in [5.41, 5.74) is 1.13. The molecule has 26 heavy (non-hydrogen) atoms. The van der Waals surface area contributed by atoms with E-state index in [-0.39, 0.29) is 5.43 Å². The van der Waals surface area contributed by atoms with Gasteiger partial charge >= 0.3 is 5.97 Å². The third kappa shape index (κ3) is 3.03. The molecule has 2 heterocycles. The second-order valence-electron chi connectivity index (χ2n) is 5.48. The van der Waals surface area contributed by atoms with Gasteiger partial charge in [0, 0.05) is 16.7 Å². The van der Waals surface area contributed by atoms with E-state index in [0.717, 1.165) is 0 Å². The van der Waals surface area contributed by atoms with E-state index < -0.39 is 5.97 Å². The molecule has 0 fully saturated rings. The van der Waals surface area contributed by atoms with E-state index in [0.29, 0.717) is 37.7 Å². The SMILES string of the molecule is O=C(Oc1ccc2c(=O)c(-c3ccccc3Cl)coc2c1)c1cccs1. The van der Waals surface area contributed by atoms with Gasteiger partial charge in [0.05, 0.1) is 10.9 Å². The van der Waals surface area contributed by atoms with Crippen LogP contribution >= 0.6 is 22.9 Å². The second kappa shape index (κ2) is 6.78. The lowest BCUT2D eigenvalue weighted by Crippen LogP contribution is -2.08. The van der Waals surface area contributed by atoms with Crippen LogP contribution in [0.2, 0.25) is 5.02 Å². The fourth-order valence-electron chi connectivity index (χ4n) is 2.59. The van der Waals surface area contributed by atoms with Crippen molar-refractivity contribution < 1.29 is 13.9 Å². The van der Waals surface area contributed by atoms with Crippen molar-refractivity contribution >= 4 is 39.9 Å². The van der Waals surface area contributed by atoms with E-state index in [4.69, 9.17) is 20.8 Å². The van der Waals surface area contributed by atoms with E-state index in [2.05, 4.69) is 0 Å². The first-order valence-electron chi connectivity index (χ1n) is 7.69. The summed E-state index contributed by atoms with van der Waals surface area (Å²) in [6.45, 7) is 0. The summed E-state index contributed by atoms with van der Waals surface area (Å²) in [5.74, 6) is -0.140. The van der Waals surface area contributed by atoms with Crippen molar-refractivity contribution in [2.45, 2.75) is 0 Å². The summed E-state index contributed by atoms with van der Waals surface area (Å²) >= 11 is 7.47. The van der Waals surface area contributed by atoms with E-state index in [1.165, 1.54) is 23.7 Å². The highest BCUT2D eigenvalue weighted by molar-refractivity contribution is 7.12. The largest absolute Gasteiger partial charge is 0.463 e. The summed E-state index contributed by atoms with van der Waals surface area (Å²) in [6, 6.07) is 15.2. The molecule has 0 radical (unpaired) electrons. The van der Waals surface area contributed by atoms with Gasteiger partial charge in [-0.3, -0.25) is 4.79 Å². The zero-order chi connectivity index (χ0) is 18.1. The Balaban J connectivity index is 1.73. The van der Waals surface area contributed by atoms with Crippen molar-refractivity contribution in [3.63, 3.8) is 0 Å². The van der Waals surface area contributed by atoms with E-state index in [9.17, 15) is 9.59 Å². The summed E-state index contributed by atoms with van der Waals surface area (Å²) in [5, 5.41) is 2.66. The van der Waals surface area contributed by atoms with Gasteiger partial charge in [-0.05, 0) is 29.6 Å². The third-order valence-corrected chi connectivity index (χ3v) is 5.02. The maximum atomic E-state index is 12.8. The standard InChI is InChI=1S/C20H11ClO4S/c21-16-5-2-1-4-13(16)15-11-24-17-10-12(7-8-14(17)19(15)22)25-20(23)18-6-3-9-26-18/h1-11H. The quantitative estimate of drug-likeness (QED) is 0.352. The number of hydrogen-bond acceptors (Lipinski definition) is 5. The Hall–Kier alpha value is -2.89. The first-order valence-corrected chi connectivity index (χ1v) is 8.95. The molecule has 0 N–H and O–H groups in total. The minimum atomic E-state index is -0.450. The maximum Gasteiger partial charge on any atom is 0.353 e. The molecule has 0 aliphatic carbocycles. The van der Waals surface area contributed by atoms with Crippen LogP contribution in [0.5, 0.6) is 5.75 Å². The molecule has 4 nitrogen and oxygen atoms in total. The van der Waals surface area contributed by atoms with Gasteiger partial charge in [-0.2, -0.15) is 0 Å². The molecule has 4 aromatic rings. The molecule has 0 saturated heterocycles. The molecule has 0 bridgehead atoms. The third-order valence-electron chi connectivity index (χ3n) is 3.84. The van der Waals surface area contributed by atoms with Crippen LogP contribution in [0.3, 0.4) is 0 Å². The number of fused-ring (bicyclic) bond motifs is 1. The normalized spacial score (nSPS) is 10.8. The molecular weight excluding hydrogens is 372 g/mol. The van der Waals surface area contributed by atoms with Gasteiger partial charge in [0.25, 0.3) is 0 Å². The molecule has 2 aromatic carbocycles. The smallest absolute Gasteiger partial charge is 0.353 e. The predicted octanol–water partition coefficient (Wildman–Crippen LogP) is 5.39. The highest BCUT2D eigenvalue weighted by Gasteiger charge is 2.14. The summed E-state index contributed by atoms with van der Waals surface area (Å²) in [4.78, 5) is 25.3. The van der Waals surface area contributed by atoms with E-state index in [1.54, 1.807) is 53.9 Å². The lowest BCUT2D eigenvalue weighted by atomic mass is 10.1. The zero-order valence-electron chi connectivity index (χ0n) is 13.3. The number of benzene rings is 2. The van der Waals surface area contributed by atoms with Gasteiger partial charge in [0.15, 0.2) is 0 Å². The lowest BCUT2D eigenvalue weighted by Gasteiger charge is -2.06. The van der Waals surface area contributed by atoms with Crippen LogP contribution in [-0.2, 0) is 0 Å². The highest BCUT2D eigenvalue weighted by Crippen LogP contribution is 2.28. The molecular formula is C20H11ClO4S. The Kier molecular flexibility index (Phi) is 4.32. The summed E-state index contributed by atoms with van der Waals surface area (Å²) < 4.78 is 10.9. The molecule has 0 aliphatic rings. The van der Waals surface area contributed by atoms with Crippen LogP contribution in [0.25, 0.3) is 22.1 Å². The highest BCUT2D eigenvalue weighted by atomic mass is 35.5. The number of halogens is 1. The molecule has 128 valence electrons. The van der Waals surface area contributed by atoms with Gasteiger partial charge < -0.3 is 9.15 Å². The molecule has 0 amide bonds. The molecule has 0 atom stereocenters. The van der Waals surface area contributed by atoms with Crippen molar-refractivity contribution in [3.05, 3.63) is 86.4 Å². The molecule has 2 aromatic heterocycles. The average Bonchev–Trinajstić information content (AvgIpc) is 3.18. The Labute approximate surface area is 157 Å². The number of thiophene rings is 1. The first-order chi connectivity index (χ1) is 12.6. The number of esters is 1. The molecule has 4 rings (SSSR count). The molecule has 6 heteroatoms. The molecule has 0 saturated carbocycles. The minimum Gasteiger partial charge on any atom is -0.463 e. The van der Waals surface area contributed by atoms with Crippen LogP contribution < -0.4 is 10.2 Å². The average molecular weight is 383 g/mol. The monoisotopic (exact) mass is 382 g/mol. The Morgan fingerprint density at radius 3 is 2.65 bits per heavy atom. The van der Waals surface area contributed by atoms with E-state index in [1.807, 2.05) is 0 Å². The maximum absolute atomic E-state index is 12.8. The number of carbonyl (C=O) groups is 1. The van der Waals surface area contributed by atoms with Crippen molar-refractivity contribution in [2.24, 2.45) is 0 Å². The fourth-order valence-corrected chi connectivity index (χ4v) is 3.43. The lowest BCUT2D eigenvalue weighted by molar-refractivity contribution is 0.0740. The number of hydrogen-bond donors (Lipinski definition) is 0. The van der Waals surface area contributed by atoms with Crippen LogP contribution in [0, 0.1) is 0 Å². The summed E-state index contributed by atoms with van der Waals surface area (Å²) in [6.07, 6.45) is 1.37. The fraction of sp³-hybridized carbons (Fsp3) is 0. The second-order valence-corrected chi connectivity index (χ2v) is 6.84. The summed E-state index contributed by atoms with van der Waals surface area (Å²) in [7, 11) is 0. The Bertz CT molecular complexity index is 1160. The van der Waals surface area contributed by atoms with Gasteiger partial charge in [0.1, 0.15) is 22.5 Å². The van der Waals surface area contributed by atoms with Gasteiger partial charge in [0.2, 0.25) is 5.43 Å². The van der Waals surface area contributed by atoms with Crippen LogP contribution in [0.15, 0.2) is 75.5 Å². The molecule has 0 spiro atoms. The van der Waals surface area contributed by atoms with Crippen molar-refractivity contribution in [2.75, 3.05) is 0 Å². The van der Waals surface area contributed by atoms with Gasteiger partial charge in [-0.1, -0.05) is 35.9 Å². The van der Waals surface area contributed by atoms with Crippen LogP contribution in [0.1, 0.15) is 9.67 Å². The Morgan fingerprint density at radius 1 is 1.04 bits per heavy atom. The predicted molar refractivity (Wildman–Crippen MR) is 102 cm³/mol. The first kappa shape index (κ1) is 16.6. The Morgan fingerprint density at radius 2 is 1.88 bits per heavy atom. The van der Waals surface area contributed by atoms with Crippen LogP contribution in [-0.4, -0.2) is 5.97 Å². The number of rotatable bonds is 3. The van der Waals surface area contributed by atoms with Gasteiger partial charge in [-0.15, -0.1) is 11.3 Å². The van der Waals surface area contributed by atoms with Gasteiger partial charge in [-0.25, -0.2) is 4.79 Å². The number of carbonyl (C=O) groups excluding carboxylic acids is 1.